The Bertz CT molecular complexity index is 155. The van der Waals surface area contributed by atoms with Gasteiger partial charge in [-0.1, -0.05) is 0 Å². The smallest absolute Gasteiger partial charge is 0.318 e. The lowest BCUT2D eigenvalue weighted by Crippen LogP contribution is -2.45. The normalized spacial score (nSPS) is 12.2. The predicted molar refractivity (Wildman–Crippen MR) is 37.6 cm³/mol. The quantitative estimate of drug-likeness (QED) is 0.451. The van der Waals surface area contributed by atoms with Crippen LogP contribution in [0.4, 0.5) is 4.79 Å². The molecule has 0 radical (unpaired) electrons. The lowest BCUT2D eigenvalue weighted by molar-refractivity contribution is -0.129. The van der Waals surface area contributed by atoms with Gasteiger partial charge >= 0.3 is 6.03 Å². The van der Waals surface area contributed by atoms with Crippen molar-refractivity contribution in [3.63, 3.8) is 0 Å². The number of methoxy groups -OCH3 is 1. The van der Waals surface area contributed by atoms with E-state index in [1.165, 1.54) is 7.11 Å². The molecule has 1 atom stereocenters. The largest absolute Gasteiger partial charge is 0.370 e. The van der Waals surface area contributed by atoms with E-state index in [4.69, 9.17) is 5.73 Å². The molecule has 6 nitrogen and oxygen atoms in total. The monoisotopic (exact) mass is 161 g/mol. The van der Waals surface area contributed by atoms with E-state index >= 15 is 0 Å². The number of nitrogens with one attached hydrogen (secondary N) is 1. The molecule has 5 N–H and O–H groups in total. The van der Waals surface area contributed by atoms with Crippen LogP contribution in [0.3, 0.4) is 0 Å². The highest BCUT2D eigenvalue weighted by Crippen LogP contribution is 1.85. The molecule has 0 aromatic heterocycles. The maximum absolute atomic E-state index is 10.8. The zero-order valence-corrected chi connectivity index (χ0v) is 6.16. The zero-order chi connectivity index (χ0) is 8.85. The number of amides is 3. The standard InChI is InChI=1S/C5H11N3O3/c1-11-3(2-6)4(9)8-5(7)10/h3H,2,6H2,1H3,(H3,7,8,9,10). The van der Waals surface area contributed by atoms with Crippen molar-refractivity contribution in [1.82, 2.24) is 5.32 Å². The molecule has 0 aromatic rings. The Hall–Kier alpha value is -1.14. The zero-order valence-electron chi connectivity index (χ0n) is 6.16. The maximum Gasteiger partial charge on any atom is 0.318 e. The van der Waals surface area contributed by atoms with Gasteiger partial charge in [-0.2, -0.15) is 0 Å². The van der Waals surface area contributed by atoms with E-state index in [0.29, 0.717) is 0 Å². The van der Waals surface area contributed by atoms with Gasteiger partial charge < -0.3 is 16.2 Å². The first-order valence-corrected chi connectivity index (χ1v) is 2.95. The van der Waals surface area contributed by atoms with Gasteiger partial charge in [-0.15, -0.1) is 0 Å². The van der Waals surface area contributed by atoms with Crippen LogP contribution in [-0.4, -0.2) is 31.7 Å². The SMILES string of the molecule is COC(CN)C(=O)NC(N)=O. The fourth-order valence-electron chi connectivity index (χ4n) is 0.512. The number of nitrogens with two attached hydrogens (primary N) is 2. The molecule has 0 fully saturated rings. The number of hydrogen-bond acceptors (Lipinski definition) is 4. The molecule has 0 bridgehead atoms. The van der Waals surface area contributed by atoms with Crippen LogP contribution in [-0.2, 0) is 9.53 Å². The molecular formula is C5H11N3O3. The lowest BCUT2D eigenvalue weighted by Gasteiger charge is -2.10. The van der Waals surface area contributed by atoms with Crippen molar-refractivity contribution in [3.8, 4) is 0 Å². The van der Waals surface area contributed by atoms with E-state index in [1.54, 1.807) is 0 Å². The van der Waals surface area contributed by atoms with Crippen molar-refractivity contribution in [1.29, 1.82) is 0 Å². The first-order chi connectivity index (χ1) is 5.11. The maximum atomic E-state index is 10.8. The average molecular weight is 161 g/mol. The van der Waals surface area contributed by atoms with Crippen molar-refractivity contribution < 1.29 is 14.3 Å². The average Bonchev–Trinajstić information content (AvgIpc) is 1.88. The molecule has 11 heavy (non-hydrogen) atoms. The summed E-state index contributed by atoms with van der Waals surface area (Å²) in [6.45, 7) is 0.00954. The summed E-state index contributed by atoms with van der Waals surface area (Å²) in [7, 11) is 1.32. The van der Waals surface area contributed by atoms with Gasteiger partial charge in [0, 0.05) is 13.7 Å². The van der Waals surface area contributed by atoms with Gasteiger partial charge in [-0.25, -0.2) is 4.79 Å². The number of rotatable bonds is 3. The Morgan fingerprint density at radius 3 is 2.45 bits per heavy atom. The first kappa shape index (κ1) is 9.86. The number of carbonyl (C=O) groups is 2. The van der Waals surface area contributed by atoms with Crippen LogP contribution in [0.5, 0.6) is 0 Å². The van der Waals surface area contributed by atoms with Gasteiger partial charge in [-0.05, 0) is 0 Å². The first-order valence-electron chi connectivity index (χ1n) is 2.95. The summed E-state index contributed by atoms with van der Waals surface area (Å²) in [5, 5.41) is 1.84. The van der Waals surface area contributed by atoms with Crippen LogP contribution in [0.15, 0.2) is 0 Å². The number of imide groups is 1. The second-order valence-corrected chi connectivity index (χ2v) is 1.81. The number of ether oxygens (including phenoxy) is 1. The minimum absolute atomic E-state index is 0.00954. The molecule has 3 amide bonds. The van der Waals surface area contributed by atoms with Crippen molar-refractivity contribution in [2.75, 3.05) is 13.7 Å². The molecule has 1 unspecified atom stereocenters. The van der Waals surface area contributed by atoms with Crippen molar-refractivity contribution >= 4 is 11.9 Å². The molecule has 64 valence electrons. The van der Waals surface area contributed by atoms with Crippen LogP contribution in [0.1, 0.15) is 0 Å². The molecule has 0 saturated heterocycles. The molecule has 0 aromatic carbocycles. The highest BCUT2D eigenvalue weighted by Gasteiger charge is 2.16. The molecule has 0 aliphatic carbocycles. The highest BCUT2D eigenvalue weighted by molar-refractivity contribution is 5.95. The van der Waals surface area contributed by atoms with E-state index in [-0.39, 0.29) is 6.54 Å². The number of urea groups is 1. The van der Waals surface area contributed by atoms with Crippen molar-refractivity contribution in [2.24, 2.45) is 11.5 Å². The Balaban J connectivity index is 3.89. The highest BCUT2D eigenvalue weighted by atomic mass is 16.5. The van der Waals surface area contributed by atoms with E-state index in [1.807, 2.05) is 5.32 Å². The fraction of sp³-hybridized carbons (Fsp3) is 0.600. The van der Waals surface area contributed by atoms with E-state index in [0.717, 1.165) is 0 Å². The molecule has 0 aliphatic heterocycles. The second-order valence-electron chi connectivity index (χ2n) is 1.81. The molecule has 0 rings (SSSR count). The molecule has 0 spiro atoms. The Kier molecular flexibility index (Phi) is 4.16. The summed E-state index contributed by atoms with van der Waals surface area (Å²) < 4.78 is 4.62. The number of carbonyl (C=O) groups excluding carboxylic acids is 2. The van der Waals surface area contributed by atoms with Gasteiger partial charge in [0.15, 0.2) is 0 Å². The van der Waals surface area contributed by atoms with Crippen LogP contribution in [0, 0.1) is 0 Å². The van der Waals surface area contributed by atoms with Gasteiger partial charge in [0.05, 0.1) is 0 Å². The summed E-state index contributed by atoms with van der Waals surface area (Å²) in [6, 6.07) is -0.912. The Labute approximate surface area is 63.9 Å². The summed E-state index contributed by atoms with van der Waals surface area (Å²) >= 11 is 0. The summed E-state index contributed by atoms with van der Waals surface area (Å²) in [6.07, 6.45) is -0.817. The fourth-order valence-corrected chi connectivity index (χ4v) is 0.512. The van der Waals surface area contributed by atoms with E-state index in [2.05, 4.69) is 10.5 Å². The minimum Gasteiger partial charge on any atom is -0.370 e. The third-order valence-electron chi connectivity index (χ3n) is 1.04. The number of hydrogen-bond donors (Lipinski definition) is 3. The second kappa shape index (κ2) is 4.64. The summed E-state index contributed by atoms with van der Waals surface area (Å²) in [5.74, 6) is -0.623. The molecule has 0 saturated carbocycles. The Morgan fingerprint density at radius 2 is 2.18 bits per heavy atom. The van der Waals surface area contributed by atoms with Gasteiger partial charge in [0.2, 0.25) is 0 Å². The molecule has 0 aliphatic rings. The topological polar surface area (TPSA) is 107 Å². The van der Waals surface area contributed by atoms with Crippen molar-refractivity contribution in [3.05, 3.63) is 0 Å². The number of primary amides is 1. The van der Waals surface area contributed by atoms with Crippen LogP contribution in [0.25, 0.3) is 0 Å². The molecule has 6 heteroatoms. The van der Waals surface area contributed by atoms with Crippen LogP contribution in [0.2, 0.25) is 0 Å². The van der Waals surface area contributed by atoms with Gasteiger partial charge in [-0.3, -0.25) is 10.1 Å². The van der Waals surface area contributed by atoms with Gasteiger partial charge in [0.25, 0.3) is 5.91 Å². The van der Waals surface area contributed by atoms with Crippen molar-refractivity contribution in [2.45, 2.75) is 6.10 Å². The van der Waals surface area contributed by atoms with Gasteiger partial charge in [0.1, 0.15) is 6.10 Å². The lowest BCUT2D eigenvalue weighted by atomic mass is 10.3. The predicted octanol–water partition coefficient (Wildman–Crippen LogP) is -1.84. The van der Waals surface area contributed by atoms with E-state index < -0.39 is 18.0 Å². The molecule has 0 heterocycles. The van der Waals surface area contributed by atoms with Crippen LogP contribution < -0.4 is 16.8 Å². The van der Waals surface area contributed by atoms with Crippen LogP contribution >= 0.6 is 0 Å². The van der Waals surface area contributed by atoms with E-state index in [9.17, 15) is 9.59 Å². The summed E-state index contributed by atoms with van der Waals surface area (Å²) in [4.78, 5) is 20.9. The third-order valence-corrected chi connectivity index (χ3v) is 1.04. The molecular weight excluding hydrogens is 150 g/mol. The third kappa shape index (κ3) is 3.54. The summed E-state index contributed by atoms with van der Waals surface area (Å²) in [5.41, 5.74) is 9.80. The Morgan fingerprint density at radius 1 is 1.64 bits per heavy atom. The minimum atomic E-state index is -0.912.